The third kappa shape index (κ3) is 2.19. The Balaban J connectivity index is 1.78. The van der Waals surface area contributed by atoms with Crippen LogP contribution in [0.5, 0.6) is 0 Å². The van der Waals surface area contributed by atoms with Crippen LogP contribution >= 0.6 is 0 Å². The van der Waals surface area contributed by atoms with Crippen LogP contribution in [0.25, 0.3) is 11.0 Å². The topological polar surface area (TPSA) is 66.1 Å². The average Bonchev–Trinajstić information content (AvgIpc) is 2.90. The van der Waals surface area contributed by atoms with Gasteiger partial charge in [0, 0.05) is 49.3 Å². The van der Waals surface area contributed by atoms with Gasteiger partial charge in [0.1, 0.15) is 5.65 Å². The minimum atomic E-state index is 0.00445. The number of likely N-dealkylation sites (tertiary alicyclic amines) is 1. The quantitative estimate of drug-likeness (QED) is 0.850. The molecule has 0 spiro atoms. The summed E-state index contributed by atoms with van der Waals surface area (Å²) in [5.74, 6) is 0.254. The van der Waals surface area contributed by atoms with Crippen LogP contribution in [0.4, 0.5) is 0 Å². The lowest BCUT2D eigenvalue weighted by Crippen LogP contribution is -2.39. The number of Topliss-reactive ketones (excluding diaryl/α,β-unsaturated/α-hetero) is 1. The predicted molar refractivity (Wildman–Crippen MR) is 75.4 cm³/mol. The van der Waals surface area contributed by atoms with E-state index < -0.39 is 0 Å². The molecule has 1 fully saturated rings. The number of rotatable bonds is 2. The molecule has 1 N–H and O–H groups in total. The van der Waals surface area contributed by atoms with Crippen LogP contribution in [0.2, 0.25) is 0 Å². The monoisotopic (exact) mass is 271 g/mol. The normalized spacial score (nSPS) is 16.6. The highest BCUT2D eigenvalue weighted by Gasteiger charge is 2.28. The molecule has 2 aromatic heterocycles. The summed E-state index contributed by atoms with van der Waals surface area (Å²) in [6.07, 6.45) is 4.94. The number of nitrogens with one attached hydrogen (secondary N) is 1. The summed E-state index contributed by atoms with van der Waals surface area (Å²) in [5, 5.41) is 0.881. The SMILES string of the molecule is CC(=O)N1CCC(C(=O)c2c[nH]c3ncccc23)CC1. The number of nitrogens with zero attached hydrogens (tertiary/aromatic N) is 2. The zero-order chi connectivity index (χ0) is 14.1. The molecule has 0 radical (unpaired) electrons. The Hall–Kier alpha value is -2.17. The van der Waals surface area contributed by atoms with E-state index in [9.17, 15) is 9.59 Å². The molecular formula is C15H17N3O2. The molecule has 20 heavy (non-hydrogen) atoms. The Morgan fingerprint density at radius 3 is 2.80 bits per heavy atom. The van der Waals surface area contributed by atoms with Gasteiger partial charge >= 0.3 is 0 Å². The number of amides is 1. The lowest BCUT2D eigenvalue weighted by molar-refractivity contribution is -0.130. The van der Waals surface area contributed by atoms with Gasteiger partial charge in [-0.1, -0.05) is 0 Å². The summed E-state index contributed by atoms with van der Waals surface area (Å²) < 4.78 is 0. The first-order valence-corrected chi connectivity index (χ1v) is 6.88. The summed E-state index contributed by atoms with van der Waals surface area (Å²) >= 11 is 0. The van der Waals surface area contributed by atoms with Gasteiger partial charge < -0.3 is 9.88 Å². The highest BCUT2D eigenvalue weighted by molar-refractivity contribution is 6.08. The first-order valence-electron chi connectivity index (χ1n) is 6.88. The van der Waals surface area contributed by atoms with E-state index in [0.29, 0.717) is 13.1 Å². The molecular weight excluding hydrogens is 254 g/mol. The van der Waals surface area contributed by atoms with Gasteiger partial charge in [0.25, 0.3) is 0 Å². The van der Waals surface area contributed by atoms with E-state index in [1.807, 2.05) is 12.1 Å². The number of H-pyrrole nitrogens is 1. The Morgan fingerprint density at radius 2 is 2.10 bits per heavy atom. The van der Waals surface area contributed by atoms with Gasteiger partial charge in [0.05, 0.1) is 0 Å². The van der Waals surface area contributed by atoms with Crippen molar-refractivity contribution in [3.63, 3.8) is 0 Å². The van der Waals surface area contributed by atoms with E-state index in [1.54, 1.807) is 24.2 Å². The maximum Gasteiger partial charge on any atom is 0.219 e. The number of aromatic amines is 1. The molecule has 1 aliphatic rings. The Morgan fingerprint density at radius 1 is 1.35 bits per heavy atom. The lowest BCUT2D eigenvalue weighted by Gasteiger charge is -2.30. The van der Waals surface area contributed by atoms with Crippen molar-refractivity contribution < 1.29 is 9.59 Å². The molecule has 5 heteroatoms. The van der Waals surface area contributed by atoms with E-state index in [-0.39, 0.29) is 17.6 Å². The highest BCUT2D eigenvalue weighted by atomic mass is 16.2. The van der Waals surface area contributed by atoms with Crippen molar-refractivity contribution in [1.29, 1.82) is 0 Å². The second-order valence-corrected chi connectivity index (χ2v) is 5.25. The molecule has 0 aromatic carbocycles. The molecule has 1 aliphatic heterocycles. The number of hydrogen-bond acceptors (Lipinski definition) is 3. The van der Waals surface area contributed by atoms with Crippen LogP contribution in [-0.2, 0) is 4.79 Å². The predicted octanol–water partition coefficient (Wildman–Crippen LogP) is 2.00. The third-order valence-electron chi connectivity index (χ3n) is 4.03. The van der Waals surface area contributed by atoms with Gasteiger partial charge in [0.15, 0.2) is 5.78 Å². The fraction of sp³-hybridized carbons (Fsp3) is 0.400. The third-order valence-corrected chi connectivity index (χ3v) is 4.03. The molecule has 5 nitrogen and oxygen atoms in total. The van der Waals surface area contributed by atoms with E-state index in [0.717, 1.165) is 29.4 Å². The summed E-state index contributed by atoms with van der Waals surface area (Å²) in [4.78, 5) is 33.0. The highest BCUT2D eigenvalue weighted by Crippen LogP contribution is 2.25. The van der Waals surface area contributed by atoms with E-state index in [1.165, 1.54) is 0 Å². The molecule has 3 heterocycles. The van der Waals surface area contributed by atoms with Gasteiger partial charge in [-0.3, -0.25) is 9.59 Å². The molecule has 1 amide bonds. The van der Waals surface area contributed by atoms with Gasteiger partial charge in [-0.05, 0) is 25.0 Å². The van der Waals surface area contributed by atoms with Crippen LogP contribution in [0.3, 0.4) is 0 Å². The fourth-order valence-electron chi connectivity index (χ4n) is 2.84. The number of ketones is 1. The Labute approximate surface area is 117 Å². The van der Waals surface area contributed by atoms with E-state index in [2.05, 4.69) is 9.97 Å². The molecule has 0 bridgehead atoms. The van der Waals surface area contributed by atoms with Crippen LogP contribution < -0.4 is 0 Å². The zero-order valence-electron chi connectivity index (χ0n) is 11.4. The first-order chi connectivity index (χ1) is 9.66. The summed E-state index contributed by atoms with van der Waals surface area (Å²) in [5.41, 5.74) is 1.46. The molecule has 1 saturated heterocycles. The number of pyridine rings is 1. The van der Waals surface area contributed by atoms with Crippen LogP contribution in [0, 0.1) is 5.92 Å². The van der Waals surface area contributed by atoms with E-state index in [4.69, 9.17) is 0 Å². The molecule has 2 aromatic rings. The van der Waals surface area contributed by atoms with Crippen molar-refractivity contribution in [3.8, 4) is 0 Å². The number of aromatic nitrogens is 2. The molecule has 0 atom stereocenters. The van der Waals surface area contributed by atoms with Crippen molar-refractivity contribution >= 4 is 22.7 Å². The summed E-state index contributed by atoms with van der Waals surface area (Å²) in [7, 11) is 0. The van der Waals surface area contributed by atoms with Gasteiger partial charge in [-0.2, -0.15) is 0 Å². The fourth-order valence-corrected chi connectivity index (χ4v) is 2.84. The minimum Gasteiger partial charge on any atom is -0.345 e. The molecule has 3 rings (SSSR count). The number of fused-ring (bicyclic) bond motifs is 1. The molecule has 0 aliphatic carbocycles. The first kappa shape index (κ1) is 12.8. The smallest absolute Gasteiger partial charge is 0.219 e. The van der Waals surface area contributed by atoms with Crippen molar-refractivity contribution in [3.05, 3.63) is 30.1 Å². The Bertz CT molecular complexity index is 654. The second-order valence-electron chi connectivity index (χ2n) is 5.25. The number of hydrogen-bond donors (Lipinski definition) is 1. The number of carbonyl (C=O) groups excluding carboxylic acids is 2. The van der Waals surface area contributed by atoms with Crippen molar-refractivity contribution in [2.24, 2.45) is 5.92 Å². The maximum absolute atomic E-state index is 12.6. The van der Waals surface area contributed by atoms with Gasteiger partial charge in [-0.15, -0.1) is 0 Å². The summed E-state index contributed by atoms with van der Waals surface area (Å²) in [6.45, 7) is 2.92. The Kier molecular flexibility index (Phi) is 3.26. The van der Waals surface area contributed by atoms with E-state index >= 15 is 0 Å². The molecule has 0 saturated carbocycles. The largest absolute Gasteiger partial charge is 0.345 e. The average molecular weight is 271 g/mol. The zero-order valence-corrected chi connectivity index (χ0v) is 11.4. The second kappa shape index (κ2) is 5.07. The van der Waals surface area contributed by atoms with Gasteiger partial charge in [0.2, 0.25) is 5.91 Å². The van der Waals surface area contributed by atoms with Crippen LogP contribution in [-0.4, -0.2) is 39.6 Å². The minimum absolute atomic E-state index is 0.00445. The lowest BCUT2D eigenvalue weighted by atomic mass is 9.89. The van der Waals surface area contributed by atoms with Crippen LogP contribution in [0.15, 0.2) is 24.5 Å². The van der Waals surface area contributed by atoms with Gasteiger partial charge in [-0.25, -0.2) is 4.98 Å². The molecule has 104 valence electrons. The maximum atomic E-state index is 12.6. The number of carbonyl (C=O) groups is 2. The standard InChI is InChI=1S/C15H17N3O2/c1-10(19)18-7-4-11(5-8-18)14(20)13-9-17-15-12(13)3-2-6-16-15/h2-3,6,9,11H,4-5,7-8H2,1H3,(H,16,17). The van der Waals surface area contributed by atoms with Crippen LogP contribution in [0.1, 0.15) is 30.1 Å². The molecule has 0 unspecified atom stereocenters. The van der Waals surface area contributed by atoms with Crippen molar-refractivity contribution in [2.75, 3.05) is 13.1 Å². The van der Waals surface area contributed by atoms with Crippen molar-refractivity contribution in [1.82, 2.24) is 14.9 Å². The number of piperidine rings is 1. The van der Waals surface area contributed by atoms with Crippen molar-refractivity contribution in [2.45, 2.75) is 19.8 Å². The summed E-state index contributed by atoms with van der Waals surface area (Å²) in [6, 6.07) is 3.75.